The lowest BCUT2D eigenvalue weighted by molar-refractivity contribution is 0.190. The van der Waals surface area contributed by atoms with Gasteiger partial charge >= 0.3 is 6.03 Å². The van der Waals surface area contributed by atoms with Crippen LogP contribution in [0.4, 0.5) is 10.5 Å². The van der Waals surface area contributed by atoms with Gasteiger partial charge in [0.05, 0.1) is 4.90 Å². The third-order valence-electron chi connectivity index (χ3n) is 4.71. The molecule has 0 bridgehead atoms. The average molecular weight is 388 g/mol. The number of carbonyl (C=O) groups excluding carboxylic acids is 1. The second-order valence-electron chi connectivity index (χ2n) is 6.93. The molecule has 2 N–H and O–H groups in total. The van der Waals surface area contributed by atoms with E-state index in [0.29, 0.717) is 5.69 Å². The Kier molecular flexibility index (Phi) is 6.13. The maximum absolute atomic E-state index is 12.2. The molecule has 7 heteroatoms. The molecule has 3 rings (SSSR count). The van der Waals surface area contributed by atoms with Crippen LogP contribution in [0.25, 0.3) is 0 Å². The highest BCUT2D eigenvalue weighted by atomic mass is 32.2. The zero-order chi connectivity index (χ0) is 19.3. The highest BCUT2D eigenvalue weighted by Crippen LogP contribution is 2.16. The van der Waals surface area contributed by atoms with E-state index in [1.165, 1.54) is 17.7 Å². The van der Waals surface area contributed by atoms with Gasteiger partial charge < -0.3 is 10.6 Å². The average Bonchev–Trinajstić information content (AvgIpc) is 2.64. The predicted octanol–water partition coefficient (Wildman–Crippen LogP) is 2.88. The van der Waals surface area contributed by atoms with Gasteiger partial charge in [0, 0.05) is 37.6 Å². The molecule has 1 fully saturated rings. The molecule has 1 heterocycles. The molecule has 27 heavy (non-hydrogen) atoms. The van der Waals surface area contributed by atoms with E-state index < -0.39 is 9.84 Å². The summed E-state index contributed by atoms with van der Waals surface area (Å²) >= 11 is 0. The van der Waals surface area contributed by atoms with Crippen molar-refractivity contribution in [3.63, 3.8) is 0 Å². The first-order valence-electron chi connectivity index (χ1n) is 9.04. The van der Waals surface area contributed by atoms with Crippen molar-refractivity contribution in [2.24, 2.45) is 0 Å². The van der Waals surface area contributed by atoms with Crippen LogP contribution in [-0.2, 0) is 16.4 Å². The molecule has 1 aliphatic heterocycles. The van der Waals surface area contributed by atoms with Gasteiger partial charge in [0.15, 0.2) is 9.84 Å². The summed E-state index contributed by atoms with van der Waals surface area (Å²) < 4.78 is 22.9. The first kappa shape index (κ1) is 19.4. The zero-order valence-electron chi connectivity index (χ0n) is 15.4. The van der Waals surface area contributed by atoms with Gasteiger partial charge in [-0.15, -0.1) is 0 Å². The monoisotopic (exact) mass is 387 g/mol. The van der Waals surface area contributed by atoms with Crippen molar-refractivity contribution in [2.45, 2.75) is 30.3 Å². The summed E-state index contributed by atoms with van der Waals surface area (Å²) in [4.78, 5) is 14.8. The number of hydrogen-bond donors (Lipinski definition) is 2. The van der Waals surface area contributed by atoms with Crippen LogP contribution in [0.5, 0.6) is 0 Å². The second kappa shape index (κ2) is 8.54. The number of piperidine rings is 1. The number of nitrogens with zero attached hydrogens (tertiary/aromatic N) is 1. The Labute approximate surface area is 160 Å². The van der Waals surface area contributed by atoms with Crippen molar-refractivity contribution >= 4 is 21.6 Å². The van der Waals surface area contributed by atoms with Crippen molar-refractivity contribution in [3.05, 3.63) is 60.2 Å². The minimum Gasteiger partial charge on any atom is -0.335 e. The van der Waals surface area contributed by atoms with Gasteiger partial charge in [-0.1, -0.05) is 30.3 Å². The van der Waals surface area contributed by atoms with Gasteiger partial charge in [-0.3, -0.25) is 4.90 Å². The fourth-order valence-corrected chi connectivity index (χ4v) is 3.85. The molecule has 0 radical (unpaired) electrons. The van der Waals surface area contributed by atoms with Gasteiger partial charge in [-0.2, -0.15) is 0 Å². The number of sulfone groups is 1. The molecule has 0 atom stereocenters. The highest BCUT2D eigenvalue weighted by molar-refractivity contribution is 7.90. The Morgan fingerprint density at radius 2 is 1.67 bits per heavy atom. The number of amides is 2. The summed E-state index contributed by atoms with van der Waals surface area (Å²) in [5.74, 6) is 0. The van der Waals surface area contributed by atoms with Crippen molar-refractivity contribution in [1.82, 2.24) is 10.2 Å². The van der Waals surface area contributed by atoms with Crippen LogP contribution < -0.4 is 10.6 Å². The molecular formula is C20H25N3O3S. The van der Waals surface area contributed by atoms with Gasteiger partial charge in [-0.05, 0) is 42.7 Å². The lowest BCUT2D eigenvalue weighted by atomic mass is 10.0. The minimum atomic E-state index is -3.23. The van der Waals surface area contributed by atoms with E-state index in [1.54, 1.807) is 12.1 Å². The normalized spacial score (nSPS) is 16.0. The summed E-state index contributed by atoms with van der Waals surface area (Å²) in [6, 6.07) is 16.5. The molecule has 144 valence electrons. The Bertz CT molecular complexity index is 859. The van der Waals surface area contributed by atoms with Crippen LogP contribution in [0.3, 0.4) is 0 Å². The first-order chi connectivity index (χ1) is 12.9. The van der Waals surface area contributed by atoms with Gasteiger partial charge in [0.25, 0.3) is 0 Å². The molecule has 0 spiro atoms. The van der Waals surface area contributed by atoms with E-state index >= 15 is 0 Å². The van der Waals surface area contributed by atoms with E-state index in [2.05, 4.69) is 39.8 Å². The maximum atomic E-state index is 12.2. The summed E-state index contributed by atoms with van der Waals surface area (Å²) in [7, 11) is -3.23. The lowest BCUT2D eigenvalue weighted by Gasteiger charge is -2.32. The van der Waals surface area contributed by atoms with Crippen molar-refractivity contribution in [1.29, 1.82) is 0 Å². The highest BCUT2D eigenvalue weighted by Gasteiger charge is 2.20. The number of hydrogen-bond acceptors (Lipinski definition) is 4. The molecular weight excluding hydrogens is 362 g/mol. The maximum Gasteiger partial charge on any atom is 0.319 e. The summed E-state index contributed by atoms with van der Waals surface area (Å²) in [6.07, 6.45) is 2.98. The molecule has 6 nitrogen and oxygen atoms in total. The Morgan fingerprint density at radius 1 is 1.04 bits per heavy atom. The van der Waals surface area contributed by atoms with E-state index in [1.807, 2.05) is 6.07 Å². The van der Waals surface area contributed by atoms with Gasteiger partial charge in [0.2, 0.25) is 0 Å². The zero-order valence-corrected chi connectivity index (χ0v) is 16.2. The molecule has 1 aliphatic rings. The Hall–Kier alpha value is -2.38. The predicted molar refractivity (Wildman–Crippen MR) is 106 cm³/mol. The summed E-state index contributed by atoms with van der Waals surface area (Å²) in [5, 5.41) is 5.76. The fraction of sp³-hybridized carbons (Fsp3) is 0.350. The van der Waals surface area contributed by atoms with E-state index in [9.17, 15) is 13.2 Å². The number of likely N-dealkylation sites (tertiary alicyclic amines) is 1. The number of benzene rings is 2. The smallest absolute Gasteiger partial charge is 0.319 e. The van der Waals surface area contributed by atoms with Crippen LogP contribution in [0.2, 0.25) is 0 Å². The fourth-order valence-electron chi connectivity index (χ4n) is 3.22. The van der Waals surface area contributed by atoms with Crippen LogP contribution in [0.1, 0.15) is 18.4 Å². The quantitative estimate of drug-likeness (QED) is 0.827. The molecule has 0 aliphatic carbocycles. The largest absolute Gasteiger partial charge is 0.335 e. The Morgan fingerprint density at radius 3 is 2.26 bits per heavy atom. The standard InChI is InChI=1S/C20H25N3O3S/c1-27(25,26)19-9-7-17(8-10-19)21-20(24)22-18-11-13-23(14-12-18)15-16-5-3-2-4-6-16/h2-10,18H,11-15H2,1H3,(H2,21,22,24). The summed E-state index contributed by atoms with van der Waals surface area (Å²) in [5.41, 5.74) is 1.88. The van der Waals surface area contributed by atoms with Crippen LogP contribution >= 0.6 is 0 Å². The van der Waals surface area contributed by atoms with Gasteiger partial charge in [-0.25, -0.2) is 13.2 Å². The van der Waals surface area contributed by atoms with Crippen LogP contribution in [-0.4, -0.2) is 44.7 Å². The van der Waals surface area contributed by atoms with Crippen LogP contribution in [0.15, 0.2) is 59.5 Å². The van der Waals surface area contributed by atoms with E-state index in [-0.39, 0.29) is 17.0 Å². The minimum absolute atomic E-state index is 0.146. The lowest BCUT2D eigenvalue weighted by Crippen LogP contribution is -2.45. The molecule has 2 aromatic rings. The SMILES string of the molecule is CS(=O)(=O)c1ccc(NC(=O)NC2CCN(Cc3ccccc3)CC2)cc1. The van der Waals surface area contributed by atoms with Crippen molar-refractivity contribution < 1.29 is 13.2 Å². The molecule has 1 saturated heterocycles. The Balaban J connectivity index is 1.44. The third-order valence-corrected chi connectivity index (χ3v) is 5.84. The summed E-state index contributed by atoms with van der Waals surface area (Å²) in [6.45, 7) is 2.83. The number of anilines is 1. The first-order valence-corrected chi connectivity index (χ1v) is 10.9. The molecule has 0 aromatic heterocycles. The molecule has 2 amide bonds. The molecule has 0 unspecified atom stereocenters. The number of nitrogens with one attached hydrogen (secondary N) is 2. The molecule has 2 aromatic carbocycles. The number of urea groups is 1. The molecule has 0 saturated carbocycles. The van der Waals surface area contributed by atoms with Crippen molar-refractivity contribution in [3.8, 4) is 0 Å². The topological polar surface area (TPSA) is 78.5 Å². The van der Waals surface area contributed by atoms with E-state index in [0.717, 1.165) is 38.7 Å². The number of carbonyl (C=O) groups is 1. The van der Waals surface area contributed by atoms with E-state index in [4.69, 9.17) is 0 Å². The van der Waals surface area contributed by atoms with Crippen molar-refractivity contribution in [2.75, 3.05) is 24.7 Å². The second-order valence-corrected chi connectivity index (χ2v) is 8.95. The number of rotatable bonds is 5. The van der Waals surface area contributed by atoms with Crippen LogP contribution in [0, 0.1) is 0 Å². The third kappa shape index (κ3) is 5.80. The van der Waals surface area contributed by atoms with Gasteiger partial charge in [0.1, 0.15) is 0 Å².